The number of para-hydroxylation sites is 2. The van der Waals surface area contributed by atoms with Gasteiger partial charge in [0.2, 0.25) is 0 Å². The molecule has 0 radical (unpaired) electrons. The van der Waals surface area contributed by atoms with Gasteiger partial charge in [-0.25, -0.2) is 4.98 Å². The zero-order valence-electron chi connectivity index (χ0n) is 18.7. The van der Waals surface area contributed by atoms with Crippen LogP contribution >= 0.6 is 11.3 Å². The van der Waals surface area contributed by atoms with E-state index >= 15 is 0 Å². The molecule has 1 saturated heterocycles. The summed E-state index contributed by atoms with van der Waals surface area (Å²) in [7, 11) is 1.68. The zero-order chi connectivity index (χ0) is 22.2. The molecule has 5 rings (SSSR count). The summed E-state index contributed by atoms with van der Waals surface area (Å²) in [6, 6.07) is 16.9. The number of benzene rings is 2. The average Bonchev–Trinajstić information content (AvgIpc) is 3.37. The van der Waals surface area contributed by atoms with Crippen LogP contribution in [-0.4, -0.2) is 47.1 Å². The number of carbonyl (C=O) groups is 1. The maximum Gasteiger partial charge on any atom is 0.261 e. The first-order valence-electron chi connectivity index (χ1n) is 11.1. The predicted octanol–water partition coefficient (Wildman–Crippen LogP) is 4.77. The smallest absolute Gasteiger partial charge is 0.261 e. The number of imidazole rings is 1. The normalized spacial score (nSPS) is 17.4. The second-order valence-corrected chi connectivity index (χ2v) is 9.55. The number of nitrogens with one attached hydrogen (secondary N) is 1. The highest BCUT2D eigenvalue weighted by Crippen LogP contribution is 2.38. The minimum absolute atomic E-state index is 0.0523. The van der Waals surface area contributed by atoms with E-state index in [4.69, 9.17) is 9.72 Å². The lowest BCUT2D eigenvalue weighted by Crippen LogP contribution is -2.39. The molecule has 4 aromatic rings. The highest BCUT2D eigenvalue weighted by molar-refractivity contribution is 7.21. The first-order valence-corrected chi connectivity index (χ1v) is 11.9. The van der Waals surface area contributed by atoms with Crippen LogP contribution in [0.5, 0.6) is 0 Å². The molecule has 0 spiro atoms. The van der Waals surface area contributed by atoms with Crippen LogP contribution in [0.1, 0.15) is 47.1 Å². The molecule has 0 saturated carbocycles. The van der Waals surface area contributed by atoms with E-state index in [1.54, 1.807) is 7.05 Å². The van der Waals surface area contributed by atoms with Crippen molar-refractivity contribution < 1.29 is 9.53 Å². The fourth-order valence-electron chi connectivity index (χ4n) is 4.67. The number of thiophene rings is 1. The Hall–Kier alpha value is -2.74. The molecule has 32 heavy (non-hydrogen) atoms. The summed E-state index contributed by atoms with van der Waals surface area (Å²) < 4.78 is 9.67. The van der Waals surface area contributed by atoms with Crippen LogP contribution in [-0.2, 0) is 11.3 Å². The minimum atomic E-state index is -0.149. The Balaban J connectivity index is 1.47. The molecule has 7 heteroatoms. The molecular weight excluding hydrogens is 420 g/mol. The van der Waals surface area contributed by atoms with E-state index in [1.807, 2.05) is 18.2 Å². The fraction of sp³-hybridized carbons (Fsp3) is 0.360. The Labute approximate surface area is 191 Å². The predicted molar refractivity (Wildman–Crippen MR) is 129 cm³/mol. The largest absolute Gasteiger partial charge is 0.371 e. The molecule has 166 valence electrons. The van der Waals surface area contributed by atoms with Crippen molar-refractivity contribution in [3.63, 3.8) is 0 Å². The molecule has 1 amide bonds. The van der Waals surface area contributed by atoms with Crippen LogP contribution in [0.25, 0.3) is 21.1 Å². The van der Waals surface area contributed by atoms with Crippen molar-refractivity contribution in [3.8, 4) is 0 Å². The summed E-state index contributed by atoms with van der Waals surface area (Å²) >= 11 is 1.54. The molecule has 1 aliphatic rings. The Kier molecular flexibility index (Phi) is 5.71. The monoisotopic (exact) mass is 448 g/mol. The Bertz CT molecular complexity index is 1280. The number of rotatable bonds is 5. The van der Waals surface area contributed by atoms with Gasteiger partial charge in [0.25, 0.3) is 5.91 Å². The molecular formula is C25H28N4O2S. The molecule has 0 bridgehead atoms. The van der Waals surface area contributed by atoms with Crippen LogP contribution in [0.3, 0.4) is 0 Å². The van der Waals surface area contributed by atoms with Crippen LogP contribution in [0, 0.1) is 0 Å². The van der Waals surface area contributed by atoms with Gasteiger partial charge in [0.05, 0.1) is 35.2 Å². The van der Waals surface area contributed by atoms with Gasteiger partial charge >= 0.3 is 0 Å². The molecule has 6 nitrogen and oxygen atoms in total. The summed E-state index contributed by atoms with van der Waals surface area (Å²) in [4.78, 5) is 20.7. The first kappa shape index (κ1) is 21.1. The number of amides is 1. The molecule has 1 fully saturated rings. The lowest BCUT2D eigenvalue weighted by Gasteiger charge is -2.33. The van der Waals surface area contributed by atoms with Crippen molar-refractivity contribution in [2.75, 3.05) is 26.7 Å². The highest BCUT2D eigenvalue weighted by Gasteiger charge is 2.30. The Morgan fingerprint density at radius 3 is 2.81 bits per heavy atom. The number of hydrogen-bond acceptors (Lipinski definition) is 5. The molecule has 2 aromatic heterocycles. The third-order valence-corrected chi connectivity index (χ3v) is 7.28. The van der Waals surface area contributed by atoms with Gasteiger partial charge in [-0.2, -0.15) is 0 Å². The van der Waals surface area contributed by atoms with E-state index in [9.17, 15) is 4.79 Å². The summed E-state index contributed by atoms with van der Waals surface area (Å²) in [6.07, 6.45) is -0.149. The third-order valence-electron chi connectivity index (χ3n) is 6.09. The van der Waals surface area contributed by atoms with Crippen molar-refractivity contribution in [3.05, 3.63) is 64.8 Å². The highest BCUT2D eigenvalue weighted by atomic mass is 32.1. The SMILES string of the molecule is CNC(=O)c1sc2ccccc2c1[C@H]1CN(Cc2nc3ccccc3n2C(C)C)CCO1. The van der Waals surface area contributed by atoms with Gasteiger partial charge in [0, 0.05) is 36.4 Å². The number of morpholine rings is 1. The van der Waals surface area contributed by atoms with E-state index in [0.29, 0.717) is 12.6 Å². The second-order valence-electron chi connectivity index (χ2n) is 8.50. The average molecular weight is 449 g/mol. The number of hydrogen-bond donors (Lipinski definition) is 1. The molecule has 1 aliphatic heterocycles. The van der Waals surface area contributed by atoms with E-state index in [1.165, 1.54) is 16.9 Å². The van der Waals surface area contributed by atoms with Crippen LogP contribution in [0.4, 0.5) is 0 Å². The molecule has 1 atom stereocenters. The van der Waals surface area contributed by atoms with Gasteiger partial charge in [0.1, 0.15) is 5.82 Å². The maximum absolute atomic E-state index is 12.7. The van der Waals surface area contributed by atoms with Crippen molar-refractivity contribution >= 4 is 38.4 Å². The van der Waals surface area contributed by atoms with Crippen LogP contribution in [0.15, 0.2) is 48.5 Å². The van der Waals surface area contributed by atoms with Gasteiger partial charge in [-0.05, 0) is 37.4 Å². The van der Waals surface area contributed by atoms with Gasteiger partial charge in [-0.3, -0.25) is 9.69 Å². The molecule has 3 heterocycles. The number of nitrogens with zero attached hydrogens (tertiary/aromatic N) is 3. The van der Waals surface area contributed by atoms with Crippen molar-refractivity contribution in [2.24, 2.45) is 0 Å². The summed E-state index contributed by atoms with van der Waals surface area (Å²) in [6.45, 7) is 7.36. The lowest BCUT2D eigenvalue weighted by atomic mass is 10.0. The lowest BCUT2D eigenvalue weighted by molar-refractivity contribution is -0.0333. The Morgan fingerprint density at radius 1 is 1.22 bits per heavy atom. The topological polar surface area (TPSA) is 59.4 Å². The summed E-state index contributed by atoms with van der Waals surface area (Å²) in [5.41, 5.74) is 3.21. The first-order chi connectivity index (χ1) is 15.6. The zero-order valence-corrected chi connectivity index (χ0v) is 19.5. The van der Waals surface area contributed by atoms with Gasteiger partial charge < -0.3 is 14.6 Å². The van der Waals surface area contributed by atoms with E-state index < -0.39 is 0 Å². The van der Waals surface area contributed by atoms with Gasteiger partial charge in [-0.1, -0.05) is 30.3 Å². The molecule has 2 aromatic carbocycles. The number of carbonyl (C=O) groups excluding carboxylic acids is 1. The number of ether oxygens (including phenoxy) is 1. The van der Waals surface area contributed by atoms with E-state index in [2.05, 4.69) is 59.0 Å². The second kappa shape index (κ2) is 8.65. The van der Waals surface area contributed by atoms with Crippen molar-refractivity contribution in [1.29, 1.82) is 0 Å². The van der Waals surface area contributed by atoms with Gasteiger partial charge in [0.15, 0.2) is 0 Å². The summed E-state index contributed by atoms with van der Waals surface area (Å²) in [5.74, 6) is 1.02. The fourth-order valence-corrected chi connectivity index (χ4v) is 5.87. The van der Waals surface area contributed by atoms with Gasteiger partial charge in [-0.15, -0.1) is 11.3 Å². The minimum Gasteiger partial charge on any atom is -0.371 e. The molecule has 0 aliphatic carbocycles. The van der Waals surface area contributed by atoms with Crippen molar-refractivity contribution in [2.45, 2.75) is 32.5 Å². The third kappa shape index (κ3) is 3.70. The molecule has 0 unspecified atom stereocenters. The number of aromatic nitrogens is 2. The van der Waals surface area contributed by atoms with Crippen LogP contribution < -0.4 is 5.32 Å². The molecule has 1 N–H and O–H groups in total. The van der Waals surface area contributed by atoms with E-state index in [-0.39, 0.29) is 12.0 Å². The maximum atomic E-state index is 12.7. The van der Waals surface area contributed by atoms with E-state index in [0.717, 1.165) is 51.5 Å². The van der Waals surface area contributed by atoms with Crippen molar-refractivity contribution in [1.82, 2.24) is 19.8 Å². The Morgan fingerprint density at radius 2 is 2.00 bits per heavy atom. The quantitative estimate of drug-likeness (QED) is 0.478. The summed E-state index contributed by atoms with van der Waals surface area (Å²) in [5, 5.41) is 3.91. The standard InChI is InChI=1S/C25H28N4O2S/c1-16(2)29-19-10-6-5-9-18(19)27-22(29)15-28-12-13-31-20(14-28)23-17-8-4-7-11-21(17)32-24(23)25(30)26-3/h4-11,16,20H,12-15H2,1-3H3,(H,26,30)/t20-/m1/s1. The van der Waals surface area contributed by atoms with Crippen LogP contribution in [0.2, 0.25) is 0 Å². The number of fused-ring (bicyclic) bond motifs is 2.